The number of benzene rings is 3. The molecule has 3 amide bonds. The molecule has 0 saturated heterocycles. The van der Waals surface area contributed by atoms with E-state index in [-0.39, 0.29) is 42.8 Å². The van der Waals surface area contributed by atoms with Crippen molar-refractivity contribution < 1.29 is 27.9 Å². The van der Waals surface area contributed by atoms with Gasteiger partial charge in [-0.15, -0.1) is 0 Å². The molecule has 0 spiro atoms. The number of anilines is 2. The van der Waals surface area contributed by atoms with Crippen molar-refractivity contribution >= 4 is 44.1 Å². The van der Waals surface area contributed by atoms with E-state index in [4.69, 9.17) is 4.74 Å². The third-order valence-electron chi connectivity index (χ3n) is 6.96. The number of carbonyl (C=O) groups excluding carboxylic acids is 2. The monoisotopic (exact) mass is 554 g/mol. The van der Waals surface area contributed by atoms with Crippen LogP contribution in [0.5, 0.6) is 5.75 Å². The van der Waals surface area contributed by atoms with Gasteiger partial charge in [-0.3, -0.25) is 4.79 Å². The van der Waals surface area contributed by atoms with Gasteiger partial charge in [0, 0.05) is 30.6 Å². The number of nitrogens with zero attached hydrogens (tertiary/aromatic N) is 2. The molecule has 1 heterocycles. The summed E-state index contributed by atoms with van der Waals surface area (Å²) in [6.07, 6.45) is 0.567. The normalized spacial score (nSPS) is 18.6. The van der Waals surface area contributed by atoms with E-state index in [1.807, 2.05) is 49.4 Å². The van der Waals surface area contributed by atoms with Crippen LogP contribution in [0.2, 0.25) is 0 Å². The van der Waals surface area contributed by atoms with Crippen molar-refractivity contribution in [1.82, 2.24) is 9.21 Å². The maximum absolute atomic E-state index is 13.6. The van der Waals surface area contributed by atoms with Crippen molar-refractivity contribution in [3.8, 4) is 5.75 Å². The molecular weight excluding hydrogens is 520 g/mol. The van der Waals surface area contributed by atoms with E-state index in [2.05, 4.69) is 10.6 Å². The number of rotatable bonds is 7. The van der Waals surface area contributed by atoms with Gasteiger partial charge in [0.05, 0.1) is 36.7 Å². The molecule has 3 aromatic carbocycles. The molecule has 1 aliphatic heterocycles. The Morgan fingerprint density at radius 1 is 1.15 bits per heavy atom. The molecule has 0 aromatic heterocycles. The van der Waals surface area contributed by atoms with Crippen molar-refractivity contribution in [1.29, 1.82) is 0 Å². The van der Waals surface area contributed by atoms with Gasteiger partial charge < -0.3 is 25.4 Å². The average Bonchev–Trinajstić information content (AvgIpc) is 2.90. The highest BCUT2D eigenvalue weighted by atomic mass is 32.2. The van der Waals surface area contributed by atoms with Gasteiger partial charge in [-0.05, 0) is 36.6 Å². The fourth-order valence-electron chi connectivity index (χ4n) is 4.53. The summed E-state index contributed by atoms with van der Waals surface area (Å²) in [7, 11) is -1.97. The van der Waals surface area contributed by atoms with E-state index in [0.29, 0.717) is 11.4 Å². The number of ether oxygens (including phenoxy) is 1. The van der Waals surface area contributed by atoms with Crippen LogP contribution in [0, 0.1) is 5.92 Å². The molecule has 0 unspecified atom stereocenters. The van der Waals surface area contributed by atoms with Crippen LogP contribution in [0.1, 0.15) is 24.2 Å². The predicted octanol–water partition coefficient (Wildman–Crippen LogP) is 3.60. The molecule has 0 aliphatic carbocycles. The minimum atomic E-state index is -3.45. The highest BCUT2D eigenvalue weighted by molar-refractivity contribution is 7.88. The number of nitrogens with one attached hydrogen (secondary N) is 2. The van der Waals surface area contributed by atoms with Gasteiger partial charge in [0.2, 0.25) is 10.0 Å². The Hall–Kier alpha value is -3.67. The standard InChI is InChI=1S/C28H34N4O6S/c1-18-15-32(19(2)17-33)27(34)23-14-21(12-13-25(23)38-26(18)16-31(3)39(4,36)37)29-28(35)30-24-11-7-9-20-8-5-6-10-22(20)24/h5-14,18-19,26,33H,15-17H2,1-4H3,(H2,29,30,35)/t18-,19+,26-/m1/s1. The smallest absolute Gasteiger partial charge is 0.323 e. The second-order valence-corrected chi connectivity index (χ2v) is 12.1. The van der Waals surface area contributed by atoms with E-state index >= 15 is 0 Å². The molecule has 0 fully saturated rings. The van der Waals surface area contributed by atoms with Crippen molar-refractivity contribution in [2.75, 3.05) is 43.6 Å². The zero-order valence-electron chi connectivity index (χ0n) is 22.4. The number of hydrogen-bond acceptors (Lipinski definition) is 6. The Morgan fingerprint density at radius 3 is 2.59 bits per heavy atom. The molecule has 1 aliphatic rings. The molecule has 3 N–H and O–H groups in total. The lowest BCUT2D eigenvalue weighted by Crippen LogP contribution is -2.50. The van der Waals surface area contributed by atoms with Crippen molar-refractivity contribution in [3.05, 3.63) is 66.2 Å². The minimum Gasteiger partial charge on any atom is -0.488 e. The molecule has 39 heavy (non-hydrogen) atoms. The lowest BCUT2D eigenvalue weighted by Gasteiger charge is -2.38. The second-order valence-electron chi connectivity index (χ2n) is 9.98. The number of aliphatic hydroxyl groups is 1. The van der Waals surface area contributed by atoms with E-state index in [1.54, 1.807) is 24.0 Å². The first-order chi connectivity index (χ1) is 18.5. The molecule has 10 nitrogen and oxygen atoms in total. The number of sulfonamides is 1. The summed E-state index contributed by atoms with van der Waals surface area (Å²) < 4.78 is 31.5. The molecule has 11 heteroatoms. The second kappa shape index (κ2) is 11.6. The highest BCUT2D eigenvalue weighted by Gasteiger charge is 2.34. The summed E-state index contributed by atoms with van der Waals surface area (Å²) in [6, 6.07) is 17.1. The molecule has 208 valence electrons. The maximum Gasteiger partial charge on any atom is 0.323 e. The minimum absolute atomic E-state index is 0.0857. The van der Waals surface area contributed by atoms with Crippen LogP contribution in [0.3, 0.4) is 0 Å². The Balaban J connectivity index is 1.62. The average molecular weight is 555 g/mol. The van der Waals surface area contributed by atoms with Crippen LogP contribution in [-0.2, 0) is 10.0 Å². The zero-order chi connectivity index (χ0) is 28.3. The fourth-order valence-corrected chi connectivity index (χ4v) is 4.94. The first-order valence-corrected chi connectivity index (χ1v) is 14.5. The number of likely N-dealkylation sites (N-methyl/N-ethyl adjacent to an activating group) is 1. The van der Waals surface area contributed by atoms with Gasteiger partial charge in [-0.1, -0.05) is 43.3 Å². The van der Waals surface area contributed by atoms with E-state index < -0.39 is 28.2 Å². The summed E-state index contributed by atoms with van der Waals surface area (Å²) in [5, 5.41) is 17.4. The van der Waals surface area contributed by atoms with Crippen molar-refractivity contribution in [2.45, 2.75) is 26.0 Å². The van der Waals surface area contributed by atoms with Crippen LogP contribution >= 0.6 is 0 Å². The Morgan fingerprint density at radius 2 is 1.87 bits per heavy atom. The summed E-state index contributed by atoms with van der Waals surface area (Å²) in [5.74, 6) is -0.315. The Kier molecular flexibility index (Phi) is 8.43. The Labute approximate surface area is 228 Å². The topological polar surface area (TPSA) is 128 Å². The number of hydrogen-bond donors (Lipinski definition) is 3. The predicted molar refractivity (Wildman–Crippen MR) is 152 cm³/mol. The number of urea groups is 1. The number of aliphatic hydroxyl groups excluding tert-OH is 1. The van der Waals surface area contributed by atoms with E-state index in [0.717, 1.165) is 17.0 Å². The third-order valence-corrected chi connectivity index (χ3v) is 8.25. The molecule has 0 radical (unpaired) electrons. The quantitative estimate of drug-likeness (QED) is 0.410. The third kappa shape index (κ3) is 6.49. The van der Waals surface area contributed by atoms with Gasteiger partial charge in [0.1, 0.15) is 11.9 Å². The zero-order valence-corrected chi connectivity index (χ0v) is 23.2. The molecule has 0 saturated carbocycles. The summed E-state index contributed by atoms with van der Waals surface area (Å²) in [6.45, 7) is 3.71. The van der Waals surface area contributed by atoms with Crippen LogP contribution in [0.25, 0.3) is 10.8 Å². The van der Waals surface area contributed by atoms with Gasteiger partial charge in [-0.2, -0.15) is 0 Å². The van der Waals surface area contributed by atoms with Crippen molar-refractivity contribution in [3.63, 3.8) is 0 Å². The van der Waals surface area contributed by atoms with Crippen LogP contribution < -0.4 is 15.4 Å². The molecule has 0 bridgehead atoms. The largest absolute Gasteiger partial charge is 0.488 e. The summed E-state index contributed by atoms with van der Waals surface area (Å²) in [4.78, 5) is 28.0. The highest BCUT2D eigenvalue weighted by Crippen LogP contribution is 2.31. The van der Waals surface area contributed by atoms with Crippen molar-refractivity contribution in [2.24, 2.45) is 5.92 Å². The lowest BCUT2D eigenvalue weighted by atomic mass is 9.99. The van der Waals surface area contributed by atoms with Gasteiger partial charge in [0.25, 0.3) is 5.91 Å². The van der Waals surface area contributed by atoms with Crippen LogP contribution in [0.15, 0.2) is 60.7 Å². The van der Waals surface area contributed by atoms with Crippen LogP contribution in [0.4, 0.5) is 16.2 Å². The Bertz CT molecular complexity index is 1470. The SMILES string of the molecule is C[C@@H]1CN([C@@H](C)CO)C(=O)c2cc(NC(=O)Nc3cccc4ccccc34)ccc2O[C@@H]1CN(C)S(C)(=O)=O. The number of amides is 3. The van der Waals surface area contributed by atoms with E-state index in [1.165, 1.54) is 17.4 Å². The first kappa shape index (κ1) is 28.3. The van der Waals surface area contributed by atoms with E-state index in [9.17, 15) is 23.1 Å². The number of fused-ring (bicyclic) bond motifs is 2. The molecule has 3 atom stereocenters. The number of carbonyl (C=O) groups is 2. The lowest BCUT2D eigenvalue weighted by molar-refractivity contribution is 0.0387. The first-order valence-electron chi connectivity index (χ1n) is 12.7. The summed E-state index contributed by atoms with van der Waals surface area (Å²) in [5.41, 5.74) is 1.22. The van der Waals surface area contributed by atoms with Gasteiger partial charge in [-0.25, -0.2) is 17.5 Å². The fraction of sp³-hybridized carbons (Fsp3) is 0.357. The molecule has 4 rings (SSSR count). The van der Waals surface area contributed by atoms with Crippen LogP contribution in [-0.4, -0.2) is 79.8 Å². The van der Waals surface area contributed by atoms with Gasteiger partial charge >= 0.3 is 6.03 Å². The molecule has 3 aromatic rings. The summed E-state index contributed by atoms with van der Waals surface area (Å²) >= 11 is 0. The molecular formula is C28H34N4O6S. The van der Waals surface area contributed by atoms with Gasteiger partial charge in [0.15, 0.2) is 0 Å². The maximum atomic E-state index is 13.6.